The maximum atomic E-state index is 3.03. The zero-order chi connectivity index (χ0) is 4.41. The number of hydrogen-bond acceptors (Lipinski definition) is 3. The normalized spacial score (nSPS) is 34.5. The van der Waals surface area contributed by atoms with Crippen molar-refractivity contribution in [3.63, 3.8) is 0 Å². The second-order valence-corrected chi connectivity index (χ2v) is 2.60. The van der Waals surface area contributed by atoms with Gasteiger partial charge < -0.3 is 0 Å². The molecular weight excluding hydrogens is 96.1 g/mol. The molecule has 2 N–H and O–H groups in total. The fourth-order valence-corrected chi connectivity index (χ4v) is 0.977. The SMILES string of the molecule is C[C@@H]1NNCS1. The van der Waals surface area contributed by atoms with Crippen LogP contribution >= 0.6 is 11.8 Å². The van der Waals surface area contributed by atoms with Gasteiger partial charge in [-0.25, -0.2) is 10.9 Å². The first-order valence-electron chi connectivity index (χ1n) is 1.99. The molecule has 0 aromatic carbocycles. The van der Waals surface area contributed by atoms with E-state index in [9.17, 15) is 0 Å². The molecule has 36 valence electrons. The molecule has 0 amide bonds. The van der Waals surface area contributed by atoms with Crippen LogP contribution in [0.4, 0.5) is 0 Å². The van der Waals surface area contributed by atoms with Gasteiger partial charge in [-0.2, -0.15) is 0 Å². The number of rotatable bonds is 0. The number of hydrogen-bond donors (Lipinski definition) is 2. The van der Waals surface area contributed by atoms with Gasteiger partial charge in [0.1, 0.15) is 0 Å². The lowest BCUT2D eigenvalue weighted by molar-refractivity contribution is 0.617. The van der Waals surface area contributed by atoms with Crippen molar-refractivity contribution in [2.45, 2.75) is 12.3 Å². The lowest BCUT2D eigenvalue weighted by Crippen LogP contribution is -2.27. The molecule has 1 aliphatic rings. The minimum atomic E-state index is 0.602. The number of nitrogens with one attached hydrogen (secondary N) is 2. The maximum absolute atomic E-state index is 3.03. The molecule has 0 aromatic rings. The molecule has 0 bridgehead atoms. The Morgan fingerprint density at radius 1 is 1.83 bits per heavy atom. The predicted octanol–water partition coefficient (Wildman–Crippen LogP) is 0.131. The van der Waals surface area contributed by atoms with Crippen LogP contribution in [0, 0.1) is 0 Å². The van der Waals surface area contributed by atoms with Crippen molar-refractivity contribution >= 4 is 11.8 Å². The second-order valence-electron chi connectivity index (χ2n) is 1.27. The first kappa shape index (κ1) is 4.43. The first-order chi connectivity index (χ1) is 2.89. The first-order valence-corrected chi connectivity index (χ1v) is 3.04. The predicted molar refractivity (Wildman–Crippen MR) is 28.2 cm³/mol. The van der Waals surface area contributed by atoms with Crippen molar-refractivity contribution in [3.8, 4) is 0 Å². The summed E-state index contributed by atoms with van der Waals surface area (Å²) in [7, 11) is 0. The van der Waals surface area contributed by atoms with Crippen LogP contribution < -0.4 is 10.9 Å². The average molecular weight is 104 g/mol. The molecule has 1 heterocycles. The molecule has 0 unspecified atom stereocenters. The van der Waals surface area contributed by atoms with Gasteiger partial charge in [0.15, 0.2) is 0 Å². The summed E-state index contributed by atoms with van der Waals surface area (Å²) in [5, 5.41) is 0.602. The highest BCUT2D eigenvalue weighted by Gasteiger charge is 2.04. The summed E-state index contributed by atoms with van der Waals surface area (Å²) in [6, 6.07) is 0. The Bertz CT molecular complexity index is 42.1. The Morgan fingerprint density at radius 3 is 2.83 bits per heavy atom. The molecule has 1 saturated heterocycles. The quantitative estimate of drug-likeness (QED) is 0.457. The van der Waals surface area contributed by atoms with Gasteiger partial charge >= 0.3 is 0 Å². The van der Waals surface area contributed by atoms with Crippen molar-refractivity contribution in [2.24, 2.45) is 0 Å². The van der Waals surface area contributed by atoms with E-state index in [-0.39, 0.29) is 0 Å². The highest BCUT2D eigenvalue weighted by atomic mass is 32.2. The van der Waals surface area contributed by atoms with Crippen molar-refractivity contribution in [3.05, 3.63) is 0 Å². The molecule has 0 aromatic heterocycles. The maximum Gasteiger partial charge on any atom is 0.0651 e. The molecule has 2 nitrogen and oxygen atoms in total. The second kappa shape index (κ2) is 1.82. The van der Waals surface area contributed by atoms with E-state index >= 15 is 0 Å². The standard InChI is InChI=1S/C3H8N2S/c1-3-5-4-2-6-3/h3-5H,2H2,1H3/t3-/m1/s1. The van der Waals surface area contributed by atoms with Gasteiger partial charge in [0, 0.05) is 0 Å². The van der Waals surface area contributed by atoms with Crippen LogP contribution in [0.25, 0.3) is 0 Å². The summed E-state index contributed by atoms with van der Waals surface area (Å²) in [4.78, 5) is 0. The van der Waals surface area contributed by atoms with Crippen molar-refractivity contribution in [1.29, 1.82) is 0 Å². The summed E-state index contributed by atoms with van der Waals surface area (Å²) < 4.78 is 0. The van der Waals surface area contributed by atoms with E-state index in [2.05, 4.69) is 17.8 Å². The molecule has 1 rings (SSSR count). The van der Waals surface area contributed by atoms with Crippen LogP contribution in [0.1, 0.15) is 6.92 Å². The number of hydrazine groups is 1. The molecule has 0 spiro atoms. The van der Waals surface area contributed by atoms with Gasteiger partial charge in [-0.15, -0.1) is 11.8 Å². The Labute approximate surface area is 41.7 Å². The summed E-state index contributed by atoms with van der Waals surface area (Å²) in [6.45, 7) is 2.13. The lowest BCUT2D eigenvalue weighted by atomic mass is 10.8. The fourth-order valence-electron chi connectivity index (χ4n) is 0.394. The average Bonchev–Trinajstić information content (AvgIpc) is 1.86. The Kier molecular flexibility index (Phi) is 1.34. The van der Waals surface area contributed by atoms with Crippen LogP contribution in [0.3, 0.4) is 0 Å². The zero-order valence-electron chi connectivity index (χ0n) is 3.69. The summed E-state index contributed by atoms with van der Waals surface area (Å²) in [5.74, 6) is 1.04. The zero-order valence-corrected chi connectivity index (χ0v) is 4.51. The van der Waals surface area contributed by atoms with E-state index in [4.69, 9.17) is 0 Å². The molecule has 0 aliphatic carbocycles. The van der Waals surface area contributed by atoms with Crippen LogP contribution in [-0.4, -0.2) is 11.3 Å². The Balaban J connectivity index is 2.18. The van der Waals surface area contributed by atoms with Gasteiger partial charge in [0.25, 0.3) is 0 Å². The van der Waals surface area contributed by atoms with E-state index in [1.165, 1.54) is 0 Å². The Morgan fingerprint density at radius 2 is 2.67 bits per heavy atom. The number of thioether (sulfide) groups is 1. The van der Waals surface area contributed by atoms with Crippen molar-refractivity contribution in [2.75, 3.05) is 5.88 Å². The summed E-state index contributed by atoms with van der Waals surface area (Å²) in [5.41, 5.74) is 6.02. The highest BCUT2D eigenvalue weighted by Crippen LogP contribution is 2.07. The van der Waals surface area contributed by atoms with E-state index in [0.717, 1.165) is 5.88 Å². The monoisotopic (exact) mass is 104 g/mol. The molecule has 6 heavy (non-hydrogen) atoms. The summed E-state index contributed by atoms with van der Waals surface area (Å²) in [6.07, 6.45) is 0. The van der Waals surface area contributed by atoms with Gasteiger partial charge in [0.2, 0.25) is 0 Å². The molecule has 1 aliphatic heterocycles. The van der Waals surface area contributed by atoms with E-state index in [1.54, 1.807) is 0 Å². The highest BCUT2D eigenvalue weighted by molar-refractivity contribution is 8.00. The van der Waals surface area contributed by atoms with Crippen molar-refractivity contribution < 1.29 is 0 Å². The van der Waals surface area contributed by atoms with Gasteiger partial charge in [-0.3, -0.25) is 0 Å². The van der Waals surface area contributed by atoms with E-state index < -0.39 is 0 Å². The van der Waals surface area contributed by atoms with Gasteiger partial charge in [-0.1, -0.05) is 0 Å². The van der Waals surface area contributed by atoms with Crippen LogP contribution in [0.2, 0.25) is 0 Å². The third-order valence-electron chi connectivity index (χ3n) is 0.711. The fraction of sp³-hybridized carbons (Fsp3) is 1.00. The Hall–Kier alpha value is 0.270. The summed E-state index contributed by atoms with van der Waals surface area (Å²) >= 11 is 1.87. The van der Waals surface area contributed by atoms with Crippen LogP contribution in [0.5, 0.6) is 0 Å². The van der Waals surface area contributed by atoms with Crippen LogP contribution in [-0.2, 0) is 0 Å². The molecule has 1 atom stereocenters. The molecular formula is C3H8N2S. The minimum Gasteiger partial charge on any atom is -0.247 e. The topological polar surface area (TPSA) is 24.1 Å². The molecule has 0 radical (unpaired) electrons. The smallest absolute Gasteiger partial charge is 0.0651 e. The van der Waals surface area contributed by atoms with Gasteiger partial charge in [0.05, 0.1) is 11.3 Å². The van der Waals surface area contributed by atoms with Gasteiger partial charge in [-0.05, 0) is 6.92 Å². The van der Waals surface area contributed by atoms with Crippen molar-refractivity contribution in [1.82, 2.24) is 10.9 Å². The van der Waals surface area contributed by atoms with Crippen LogP contribution in [0.15, 0.2) is 0 Å². The third-order valence-corrected chi connectivity index (χ3v) is 1.64. The van der Waals surface area contributed by atoms with E-state index in [1.807, 2.05) is 11.8 Å². The lowest BCUT2D eigenvalue weighted by Gasteiger charge is -1.93. The third kappa shape index (κ3) is 0.864. The molecule has 1 fully saturated rings. The molecule has 0 saturated carbocycles. The molecule has 3 heteroatoms. The minimum absolute atomic E-state index is 0.602. The largest absolute Gasteiger partial charge is 0.247 e. The van der Waals surface area contributed by atoms with E-state index in [0.29, 0.717) is 5.37 Å².